The van der Waals surface area contributed by atoms with Gasteiger partial charge in [0.2, 0.25) is 0 Å². The molecule has 0 saturated carbocycles. The summed E-state index contributed by atoms with van der Waals surface area (Å²) in [6.45, 7) is 12.6. The Labute approximate surface area is 189 Å². The molecule has 1 aromatic heterocycles. The first-order chi connectivity index (χ1) is 15.2. The van der Waals surface area contributed by atoms with Gasteiger partial charge in [-0.2, -0.15) is 0 Å². The van der Waals surface area contributed by atoms with Crippen LogP contribution in [0, 0.1) is 0 Å². The summed E-state index contributed by atoms with van der Waals surface area (Å²) < 4.78 is 34.9. The van der Waals surface area contributed by atoms with Gasteiger partial charge >= 0.3 is 0 Å². The number of hydrogen-bond acceptors (Lipinski definition) is 9. The first-order valence-electron chi connectivity index (χ1n) is 11.1. The maximum atomic E-state index is 11.4. The van der Waals surface area contributed by atoms with Crippen LogP contribution in [-0.4, -0.2) is 115 Å². The number of ether oxygens (including phenoxy) is 4. The summed E-state index contributed by atoms with van der Waals surface area (Å²) >= 11 is 0. The zero-order valence-electron chi connectivity index (χ0n) is 19.6. The molecule has 1 aliphatic rings. The number of likely N-dealkylation sites (N-methyl/N-ethyl adjacent to an activating group) is 1. The lowest BCUT2D eigenvalue weighted by Gasteiger charge is -2.37. The Bertz CT molecular complexity index is 572. The minimum atomic E-state index is -0.733. The van der Waals surface area contributed by atoms with Gasteiger partial charge in [0.15, 0.2) is 0 Å². The van der Waals surface area contributed by atoms with Gasteiger partial charge in [-0.3, -0.25) is 9.11 Å². The molecule has 31 heavy (non-hydrogen) atoms. The van der Waals surface area contributed by atoms with E-state index in [0.29, 0.717) is 64.6 Å². The lowest BCUT2D eigenvalue weighted by Crippen LogP contribution is -2.51. The lowest BCUT2D eigenvalue weighted by atomic mass is 10.2. The number of rotatable bonds is 18. The van der Waals surface area contributed by atoms with Crippen LogP contribution >= 0.6 is 0 Å². The van der Waals surface area contributed by atoms with E-state index in [9.17, 15) is 4.21 Å². The fourth-order valence-corrected chi connectivity index (χ4v) is 3.55. The largest absolute Gasteiger partial charge is 0.378 e. The van der Waals surface area contributed by atoms with Crippen molar-refractivity contribution in [2.24, 2.45) is 0 Å². The van der Waals surface area contributed by atoms with E-state index in [1.165, 1.54) is 0 Å². The molecule has 2 heterocycles. The highest BCUT2D eigenvalue weighted by atomic mass is 32.2. The van der Waals surface area contributed by atoms with Crippen molar-refractivity contribution >= 4 is 10.8 Å². The van der Waals surface area contributed by atoms with Gasteiger partial charge in [0.25, 0.3) is 0 Å². The van der Waals surface area contributed by atoms with Gasteiger partial charge in [0.1, 0.15) is 0 Å². The Hall–Kier alpha value is -0.950. The van der Waals surface area contributed by atoms with Crippen LogP contribution in [0.5, 0.6) is 0 Å². The molecular weight excluding hydrogens is 422 g/mol. The molecule has 1 aromatic rings. The van der Waals surface area contributed by atoms with E-state index in [0.717, 1.165) is 31.9 Å². The summed E-state index contributed by atoms with van der Waals surface area (Å²) in [5.41, 5.74) is 0.932. The number of hydrogen-bond donors (Lipinski definition) is 1. The van der Waals surface area contributed by atoms with Gasteiger partial charge in [0, 0.05) is 49.4 Å². The molecule has 1 unspecified atom stereocenters. The van der Waals surface area contributed by atoms with E-state index in [4.69, 9.17) is 18.9 Å². The Morgan fingerprint density at radius 2 is 1.55 bits per heavy atom. The number of likely N-dealkylation sites (tertiary alicyclic amines) is 1. The second kappa shape index (κ2) is 18.6. The van der Waals surface area contributed by atoms with Crippen molar-refractivity contribution in [2.45, 2.75) is 32.2 Å². The van der Waals surface area contributed by atoms with Crippen LogP contribution in [0.2, 0.25) is 0 Å². The third-order valence-corrected chi connectivity index (χ3v) is 5.68. The number of nitrogens with one attached hydrogen (secondary N) is 1. The zero-order valence-corrected chi connectivity index (χ0v) is 20.4. The smallest absolute Gasteiger partial charge is 0.0967 e. The molecule has 0 bridgehead atoms. The second-order valence-electron chi connectivity index (χ2n) is 6.84. The first-order valence-corrected chi connectivity index (χ1v) is 12.7. The predicted molar refractivity (Wildman–Crippen MR) is 122 cm³/mol. The minimum Gasteiger partial charge on any atom is -0.378 e. The molecule has 2 rings (SSSR count). The van der Waals surface area contributed by atoms with Gasteiger partial charge in [0.05, 0.1) is 70.3 Å². The van der Waals surface area contributed by atoms with E-state index in [1.54, 1.807) is 10.9 Å². The van der Waals surface area contributed by atoms with Crippen molar-refractivity contribution in [3.8, 4) is 0 Å². The highest BCUT2D eigenvalue weighted by Crippen LogP contribution is 2.15. The van der Waals surface area contributed by atoms with Crippen LogP contribution in [0.25, 0.3) is 0 Å². The lowest BCUT2D eigenvalue weighted by molar-refractivity contribution is -0.00234. The fourth-order valence-electron chi connectivity index (χ4n) is 2.70. The maximum absolute atomic E-state index is 11.4. The van der Waals surface area contributed by atoms with Crippen LogP contribution in [0.1, 0.15) is 19.5 Å². The zero-order chi connectivity index (χ0) is 22.7. The molecule has 0 aliphatic carbocycles. The normalized spacial score (nSPS) is 15.4. The van der Waals surface area contributed by atoms with Gasteiger partial charge in [-0.05, 0) is 7.05 Å². The van der Waals surface area contributed by atoms with E-state index in [1.807, 2.05) is 27.1 Å². The molecule has 1 saturated heterocycles. The third-order valence-electron chi connectivity index (χ3n) is 4.44. The van der Waals surface area contributed by atoms with Crippen molar-refractivity contribution < 1.29 is 23.2 Å². The molecule has 1 N–H and O–H groups in total. The maximum Gasteiger partial charge on any atom is 0.0967 e. The highest BCUT2D eigenvalue weighted by molar-refractivity contribution is 7.85. The summed E-state index contributed by atoms with van der Waals surface area (Å²) in [5.74, 6) is 0. The molecule has 0 aromatic carbocycles. The molecule has 1 aliphatic heterocycles. The number of nitrogens with zero attached hydrogens (tertiary/aromatic N) is 4. The molecule has 0 radical (unpaired) electrons. The first kappa shape index (κ1) is 28.1. The summed E-state index contributed by atoms with van der Waals surface area (Å²) in [4.78, 5) is 2.23. The second-order valence-corrected chi connectivity index (χ2v) is 8.50. The van der Waals surface area contributed by atoms with Crippen molar-refractivity contribution in [1.29, 1.82) is 0 Å². The summed E-state index contributed by atoms with van der Waals surface area (Å²) in [5, 5.41) is 11.6. The Kier molecular flexibility index (Phi) is 16.9. The minimum absolute atomic E-state index is 0.301. The molecule has 1 fully saturated rings. The Balaban J connectivity index is 0.00000233. The van der Waals surface area contributed by atoms with E-state index >= 15 is 0 Å². The van der Waals surface area contributed by atoms with E-state index < -0.39 is 10.8 Å². The van der Waals surface area contributed by atoms with E-state index in [-0.39, 0.29) is 0 Å². The van der Waals surface area contributed by atoms with Crippen molar-refractivity contribution in [1.82, 2.24) is 25.2 Å². The molecule has 0 amide bonds. The number of aromatic nitrogens is 3. The van der Waals surface area contributed by atoms with Gasteiger partial charge < -0.3 is 24.3 Å². The van der Waals surface area contributed by atoms with Crippen molar-refractivity contribution in [2.75, 3.05) is 85.8 Å². The van der Waals surface area contributed by atoms with E-state index in [2.05, 4.69) is 20.5 Å². The Morgan fingerprint density at radius 3 is 2.10 bits per heavy atom. The monoisotopic (exact) mass is 463 g/mol. The summed E-state index contributed by atoms with van der Waals surface area (Å²) in [6, 6.07) is 0. The summed E-state index contributed by atoms with van der Waals surface area (Å²) in [7, 11) is 1.16. The standard InChI is InChI=1S/C18H35N5O5S.C2H6/c1-19-3-5-25-7-9-27-11-12-28-10-8-26-6-4-23-14-17(20-21-23)13-22-15-18(16-22)29(2)24;1-2/h14,18-19H,3-13,15-16H2,1-2H3;1-2H3. The molecule has 182 valence electrons. The van der Waals surface area contributed by atoms with Crippen LogP contribution in [0.15, 0.2) is 6.20 Å². The van der Waals surface area contributed by atoms with Crippen LogP contribution in [0.3, 0.4) is 0 Å². The van der Waals surface area contributed by atoms with Crippen molar-refractivity contribution in [3.63, 3.8) is 0 Å². The molecule has 10 nitrogen and oxygen atoms in total. The molecule has 11 heteroatoms. The van der Waals surface area contributed by atoms with Crippen LogP contribution in [0.4, 0.5) is 0 Å². The third kappa shape index (κ3) is 13.3. The Morgan fingerprint density at radius 1 is 1.00 bits per heavy atom. The molecule has 1 atom stereocenters. The van der Waals surface area contributed by atoms with Gasteiger partial charge in [-0.15, -0.1) is 5.10 Å². The highest BCUT2D eigenvalue weighted by Gasteiger charge is 2.29. The molecular formula is C20H41N5O5S. The SMILES string of the molecule is CC.CNCCOCCOCCOCCOCCn1cc(CN2CC(S(C)=O)C2)nn1. The summed E-state index contributed by atoms with van der Waals surface area (Å²) in [6.07, 6.45) is 3.71. The predicted octanol–water partition coefficient (Wildman–Crippen LogP) is 0.153. The average molecular weight is 464 g/mol. The molecule has 0 spiro atoms. The van der Waals surface area contributed by atoms with Crippen LogP contribution < -0.4 is 5.32 Å². The quantitative estimate of drug-likeness (QED) is 0.305. The van der Waals surface area contributed by atoms with Crippen LogP contribution in [-0.2, 0) is 42.8 Å². The van der Waals surface area contributed by atoms with Gasteiger partial charge in [-0.25, -0.2) is 4.68 Å². The van der Waals surface area contributed by atoms with Crippen molar-refractivity contribution in [3.05, 3.63) is 11.9 Å². The van der Waals surface area contributed by atoms with Gasteiger partial charge in [-0.1, -0.05) is 19.1 Å². The fraction of sp³-hybridized carbons (Fsp3) is 0.900. The topological polar surface area (TPSA) is 100.0 Å². The average Bonchev–Trinajstić information content (AvgIpc) is 3.19.